The number of nitrogens with one attached hydrogen (secondary N) is 1. The molecule has 2 aromatic rings. The minimum absolute atomic E-state index is 0.150. The van der Waals surface area contributed by atoms with E-state index in [0.717, 1.165) is 5.56 Å². The number of carbonyl (C=O) groups excluding carboxylic acids is 1. The van der Waals surface area contributed by atoms with Gasteiger partial charge in [-0.15, -0.1) is 0 Å². The van der Waals surface area contributed by atoms with Crippen molar-refractivity contribution in [3.8, 4) is 0 Å². The molecule has 0 radical (unpaired) electrons. The molecule has 0 atom stereocenters. The lowest BCUT2D eigenvalue weighted by Gasteiger charge is -2.12. The molecule has 0 bridgehead atoms. The van der Waals surface area contributed by atoms with E-state index in [2.05, 4.69) is 21.2 Å². The van der Waals surface area contributed by atoms with E-state index >= 15 is 0 Å². The molecule has 0 aliphatic carbocycles. The summed E-state index contributed by atoms with van der Waals surface area (Å²) in [5.74, 6) is -0.497. The molecule has 1 amide bonds. The van der Waals surface area contributed by atoms with Gasteiger partial charge in [-0.05, 0) is 43.2 Å². The molecule has 114 valence electrons. The zero-order valence-corrected chi connectivity index (χ0v) is 14.2. The number of halogens is 2. The van der Waals surface area contributed by atoms with Crippen molar-refractivity contribution in [2.45, 2.75) is 13.8 Å². The SMILES string of the molecule is Cc1ccc([N+](=O)[O-])c(NC(=O)c2cc(Br)ccc2Cl)c1C. The number of rotatable bonds is 3. The number of carbonyl (C=O) groups is 1. The Morgan fingerprint density at radius 3 is 2.59 bits per heavy atom. The zero-order valence-electron chi connectivity index (χ0n) is 11.8. The van der Waals surface area contributed by atoms with Crippen molar-refractivity contribution >= 4 is 44.8 Å². The molecule has 0 spiro atoms. The quantitative estimate of drug-likeness (QED) is 0.606. The summed E-state index contributed by atoms with van der Waals surface area (Å²) in [6.45, 7) is 3.54. The second kappa shape index (κ2) is 6.46. The van der Waals surface area contributed by atoms with Crippen LogP contribution in [0.4, 0.5) is 11.4 Å². The molecule has 0 heterocycles. The van der Waals surface area contributed by atoms with Crippen LogP contribution in [0, 0.1) is 24.0 Å². The molecule has 2 rings (SSSR count). The summed E-state index contributed by atoms with van der Waals surface area (Å²) in [5, 5.41) is 14.0. The first-order chi connectivity index (χ1) is 10.3. The summed E-state index contributed by atoms with van der Waals surface area (Å²) in [7, 11) is 0. The van der Waals surface area contributed by atoms with Crippen molar-refractivity contribution in [1.29, 1.82) is 0 Å². The lowest BCUT2D eigenvalue weighted by atomic mass is 10.1. The average molecular weight is 384 g/mol. The summed E-state index contributed by atoms with van der Waals surface area (Å²) in [4.78, 5) is 23.0. The van der Waals surface area contributed by atoms with Gasteiger partial charge in [-0.1, -0.05) is 33.6 Å². The Morgan fingerprint density at radius 1 is 1.27 bits per heavy atom. The van der Waals surface area contributed by atoms with Crippen molar-refractivity contribution < 1.29 is 9.72 Å². The minimum atomic E-state index is -0.523. The van der Waals surface area contributed by atoms with Crippen LogP contribution in [0.3, 0.4) is 0 Å². The second-order valence-electron chi connectivity index (χ2n) is 4.74. The molecule has 0 aliphatic heterocycles. The third kappa shape index (κ3) is 3.28. The van der Waals surface area contributed by atoms with Gasteiger partial charge in [-0.2, -0.15) is 0 Å². The number of nitrogens with zero attached hydrogens (tertiary/aromatic N) is 1. The minimum Gasteiger partial charge on any atom is -0.316 e. The number of hydrogen-bond acceptors (Lipinski definition) is 3. The predicted molar refractivity (Wildman–Crippen MR) is 89.7 cm³/mol. The van der Waals surface area contributed by atoms with E-state index in [1.807, 2.05) is 6.92 Å². The van der Waals surface area contributed by atoms with Crippen molar-refractivity contribution in [3.63, 3.8) is 0 Å². The van der Waals surface area contributed by atoms with Crippen molar-refractivity contribution in [3.05, 3.63) is 66.6 Å². The maximum atomic E-state index is 12.4. The molecular formula is C15H12BrClN2O3. The fourth-order valence-corrected chi connectivity index (χ4v) is 2.53. The van der Waals surface area contributed by atoms with E-state index in [-0.39, 0.29) is 22.0 Å². The van der Waals surface area contributed by atoms with Crippen LogP contribution in [0.15, 0.2) is 34.8 Å². The molecule has 0 saturated heterocycles. The first-order valence-corrected chi connectivity index (χ1v) is 7.49. The first-order valence-electron chi connectivity index (χ1n) is 6.32. The Bertz CT molecular complexity index is 778. The van der Waals surface area contributed by atoms with Crippen LogP contribution < -0.4 is 5.32 Å². The van der Waals surface area contributed by atoms with Gasteiger partial charge in [0.15, 0.2) is 0 Å². The van der Waals surface area contributed by atoms with Gasteiger partial charge in [0.1, 0.15) is 5.69 Å². The van der Waals surface area contributed by atoms with E-state index in [4.69, 9.17) is 11.6 Å². The lowest BCUT2D eigenvalue weighted by molar-refractivity contribution is -0.384. The normalized spacial score (nSPS) is 10.4. The number of nitro benzene ring substituents is 1. The van der Waals surface area contributed by atoms with Gasteiger partial charge in [0, 0.05) is 10.5 Å². The monoisotopic (exact) mass is 382 g/mol. The van der Waals surface area contributed by atoms with Crippen LogP contribution in [-0.4, -0.2) is 10.8 Å². The highest BCUT2D eigenvalue weighted by atomic mass is 79.9. The lowest BCUT2D eigenvalue weighted by Crippen LogP contribution is -2.15. The van der Waals surface area contributed by atoms with Crippen LogP contribution >= 0.6 is 27.5 Å². The van der Waals surface area contributed by atoms with Gasteiger partial charge in [-0.25, -0.2) is 0 Å². The van der Waals surface area contributed by atoms with Crippen LogP contribution in [0.25, 0.3) is 0 Å². The van der Waals surface area contributed by atoms with Gasteiger partial charge in [0.2, 0.25) is 0 Å². The summed E-state index contributed by atoms with van der Waals surface area (Å²) < 4.78 is 0.692. The fourth-order valence-electron chi connectivity index (χ4n) is 1.96. The van der Waals surface area contributed by atoms with Crippen LogP contribution in [0.5, 0.6) is 0 Å². The van der Waals surface area contributed by atoms with E-state index in [1.165, 1.54) is 6.07 Å². The number of hydrogen-bond donors (Lipinski definition) is 1. The highest BCUT2D eigenvalue weighted by Gasteiger charge is 2.21. The highest BCUT2D eigenvalue weighted by molar-refractivity contribution is 9.10. The molecule has 1 N–H and O–H groups in total. The topological polar surface area (TPSA) is 72.2 Å². The molecule has 0 saturated carbocycles. The number of amides is 1. The molecule has 0 aliphatic rings. The Hall–Kier alpha value is -1.92. The molecule has 7 heteroatoms. The Balaban J connectivity index is 2.46. The Kier molecular flexibility index (Phi) is 4.83. The Morgan fingerprint density at radius 2 is 1.95 bits per heavy atom. The molecule has 22 heavy (non-hydrogen) atoms. The molecule has 0 fully saturated rings. The maximum Gasteiger partial charge on any atom is 0.293 e. The van der Waals surface area contributed by atoms with E-state index in [0.29, 0.717) is 10.0 Å². The average Bonchev–Trinajstić information content (AvgIpc) is 2.46. The van der Waals surface area contributed by atoms with Crippen LogP contribution in [0.2, 0.25) is 5.02 Å². The summed E-state index contributed by atoms with van der Waals surface area (Å²) in [6, 6.07) is 7.88. The number of benzene rings is 2. The predicted octanol–water partition coefficient (Wildman–Crippen LogP) is 4.88. The second-order valence-corrected chi connectivity index (χ2v) is 6.06. The van der Waals surface area contributed by atoms with Crippen molar-refractivity contribution in [1.82, 2.24) is 0 Å². The van der Waals surface area contributed by atoms with Gasteiger partial charge in [-0.3, -0.25) is 14.9 Å². The van der Waals surface area contributed by atoms with E-state index < -0.39 is 10.8 Å². The van der Waals surface area contributed by atoms with Gasteiger partial charge in [0.25, 0.3) is 11.6 Å². The fraction of sp³-hybridized carbons (Fsp3) is 0.133. The standard InChI is InChI=1S/C15H12BrClN2O3/c1-8-3-6-13(19(21)22)14(9(8)2)18-15(20)11-7-10(16)4-5-12(11)17/h3-7H,1-2H3,(H,18,20). The summed E-state index contributed by atoms with van der Waals surface area (Å²) >= 11 is 9.28. The Labute approximate surface area is 140 Å². The van der Waals surface area contributed by atoms with Crippen LogP contribution in [0.1, 0.15) is 21.5 Å². The number of aryl methyl sites for hydroxylation is 1. The smallest absolute Gasteiger partial charge is 0.293 e. The summed E-state index contributed by atoms with van der Waals surface area (Å²) in [6.07, 6.45) is 0. The zero-order chi connectivity index (χ0) is 16.4. The van der Waals surface area contributed by atoms with Crippen molar-refractivity contribution in [2.75, 3.05) is 5.32 Å². The van der Waals surface area contributed by atoms with Gasteiger partial charge < -0.3 is 5.32 Å². The third-order valence-corrected chi connectivity index (χ3v) is 4.14. The molecule has 5 nitrogen and oxygen atoms in total. The van der Waals surface area contributed by atoms with Gasteiger partial charge >= 0.3 is 0 Å². The molecule has 0 unspecified atom stereocenters. The third-order valence-electron chi connectivity index (χ3n) is 3.32. The number of nitro groups is 1. The maximum absolute atomic E-state index is 12.4. The van der Waals surface area contributed by atoms with Crippen molar-refractivity contribution in [2.24, 2.45) is 0 Å². The summed E-state index contributed by atoms with van der Waals surface area (Å²) in [5.41, 5.74) is 1.77. The molecular weight excluding hydrogens is 372 g/mol. The molecule has 2 aromatic carbocycles. The first kappa shape index (κ1) is 16.5. The highest BCUT2D eigenvalue weighted by Crippen LogP contribution is 2.31. The van der Waals surface area contributed by atoms with Crippen LogP contribution in [-0.2, 0) is 0 Å². The number of anilines is 1. The van der Waals surface area contributed by atoms with E-state index in [1.54, 1.807) is 31.2 Å². The molecule has 0 aromatic heterocycles. The van der Waals surface area contributed by atoms with Gasteiger partial charge in [0.05, 0.1) is 15.5 Å². The van der Waals surface area contributed by atoms with E-state index in [9.17, 15) is 14.9 Å². The largest absolute Gasteiger partial charge is 0.316 e.